The third-order valence-corrected chi connectivity index (χ3v) is 4.00. The summed E-state index contributed by atoms with van der Waals surface area (Å²) >= 11 is 3.54. The van der Waals surface area contributed by atoms with Crippen LogP contribution in [0.5, 0.6) is 17.2 Å². The number of halogens is 1. The minimum atomic E-state index is 0.598. The van der Waals surface area contributed by atoms with Gasteiger partial charge < -0.3 is 19.5 Å². The molecule has 1 N–H and O–H groups in total. The van der Waals surface area contributed by atoms with Crippen LogP contribution < -0.4 is 19.5 Å². The Hall–Kier alpha value is -1.72. The number of hydrogen-bond acceptors (Lipinski definition) is 4. The molecular formula is C18H22BrNO3. The summed E-state index contributed by atoms with van der Waals surface area (Å²) in [6.45, 7) is 4.01. The number of benzene rings is 2. The van der Waals surface area contributed by atoms with E-state index in [0.29, 0.717) is 6.61 Å². The summed E-state index contributed by atoms with van der Waals surface area (Å²) in [5, 5.41) is 3.43. The van der Waals surface area contributed by atoms with Gasteiger partial charge in [0.2, 0.25) is 0 Å². The Bertz CT molecular complexity index is 646. The Morgan fingerprint density at radius 1 is 1.00 bits per heavy atom. The zero-order chi connectivity index (χ0) is 16.7. The summed E-state index contributed by atoms with van der Waals surface area (Å²) in [6, 6.07) is 12.0. The minimum absolute atomic E-state index is 0.598. The summed E-state index contributed by atoms with van der Waals surface area (Å²) in [7, 11) is 3.33. The van der Waals surface area contributed by atoms with Gasteiger partial charge in [0.25, 0.3) is 0 Å². The monoisotopic (exact) mass is 379 g/mol. The lowest BCUT2D eigenvalue weighted by Crippen LogP contribution is -2.13. The van der Waals surface area contributed by atoms with E-state index in [-0.39, 0.29) is 0 Å². The van der Waals surface area contributed by atoms with Gasteiger partial charge in [0.05, 0.1) is 25.3 Å². The molecule has 0 saturated heterocycles. The lowest BCUT2D eigenvalue weighted by atomic mass is 10.1. The van der Waals surface area contributed by atoms with Crippen molar-refractivity contribution >= 4 is 15.9 Å². The van der Waals surface area contributed by atoms with E-state index < -0.39 is 0 Å². The lowest BCUT2D eigenvalue weighted by Gasteiger charge is -2.14. The molecule has 0 saturated carbocycles. The normalized spacial score (nSPS) is 10.4. The second-order valence-electron chi connectivity index (χ2n) is 4.96. The van der Waals surface area contributed by atoms with Crippen molar-refractivity contribution in [3.63, 3.8) is 0 Å². The molecule has 0 unspecified atom stereocenters. The molecule has 23 heavy (non-hydrogen) atoms. The van der Waals surface area contributed by atoms with Crippen molar-refractivity contribution in [1.82, 2.24) is 5.32 Å². The fourth-order valence-electron chi connectivity index (χ4n) is 2.37. The van der Waals surface area contributed by atoms with E-state index in [4.69, 9.17) is 14.2 Å². The third kappa shape index (κ3) is 4.62. The molecule has 2 aromatic rings. The first-order valence-corrected chi connectivity index (χ1v) is 8.30. The molecule has 2 rings (SSSR count). The second-order valence-corrected chi connectivity index (χ2v) is 5.81. The van der Waals surface area contributed by atoms with Gasteiger partial charge in [0, 0.05) is 18.7 Å². The maximum Gasteiger partial charge on any atom is 0.174 e. The quantitative estimate of drug-likeness (QED) is 0.747. The van der Waals surface area contributed by atoms with Crippen molar-refractivity contribution in [1.29, 1.82) is 0 Å². The van der Waals surface area contributed by atoms with Gasteiger partial charge in [-0.3, -0.25) is 0 Å². The summed E-state index contributed by atoms with van der Waals surface area (Å²) in [5.74, 6) is 2.37. The van der Waals surface area contributed by atoms with Gasteiger partial charge in [-0.1, -0.05) is 18.2 Å². The van der Waals surface area contributed by atoms with Crippen molar-refractivity contribution in [2.24, 2.45) is 0 Å². The molecule has 5 heteroatoms. The Kier molecular flexibility index (Phi) is 6.74. The van der Waals surface area contributed by atoms with Crippen molar-refractivity contribution in [2.45, 2.75) is 20.0 Å². The van der Waals surface area contributed by atoms with Gasteiger partial charge in [-0.05, 0) is 46.6 Å². The van der Waals surface area contributed by atoms with Crippen LogP contribution in [0.2, 0.25) is 0 Å². The fraction of sp³-hybridized carbons (Fsp3) is 0.333. The highest BCUT2D eigenvalue weighted by molar-refractivity contribution is 9.10. The highest BCUT2D eigenvalue weighted by Crippen LogP contribution is 2.36. The van der Waals surface area contributed by atoms with Gasteiger partial charge in [-0.25, -0.2) is 0 Å². The molecule has 0 aliphatic heterocycles. The van der Waals surface area contributed by atoms with E-state index in [1.165, 1.54) is 0 Å². The molecule has 2 aromatic carbocycles. The number of nitrogens with one attached hydrogen (secondary N) is 1. The van der Waals surface area contributed by atoms with Crippen LogP contribution >= 0.6 is 15.9 Å². The van der Waals surface area contributed by atoms with Crippen LogP contribution in [0.15, 0.2) is 40.9 Å². The van der Waals surface area contributed by atoms with Crippen LogP contribution in [0.3, 0.4) is 0 Å². The van der Waals surface area contributed by atoms with E-state index in [2.05, 4.69) is 27.3 Å². The van der Waals surface area contributed by atoms with Gasteiger partial charge in [-0.2, -0.15) is 0 Å². The molecule has 124 valence electrons. The van der Waals surface area contributed by atoms with Crippen LogP contribution in [-0.4, -0.2) is 20.8 Å². The molecule has 0 aliphatic rings. The van der Waals surface area contributed by atoms with Crippen molar-refractivity contribution in [3.05, 3.63) is 52.0 Å². The van der Waals surface area contributed by atoms with Gasteiger partial charge in [0.15, 0.2) is 11.5 Å². The number of para-hydroxylation sites is 1. The van der Waals surface area contributed by atoms with Gasteiger partial charge >= 0.3 is 0 Å². The van der Waals surface area contributed by atoms with E-state index in [1.807, 2.05) is 37.3 Å². The molecule has 4 nitrogen and oxygen atoms in total. The van der Waals surface area contributed by atoms with Gasteiger partial charge in [0.1, 0.15) is 5.75 Å². The number of hydrogen-bond donors (Lipinski definition) is 1. The van der Waals surface area contributed by atoms with Crippen LogP contribution in [0.1, 0.15) is 18.1 Å². The summed E-state index contributed by atoms with van der Waals surface area (Å²) in [5.41, 5.74) is 2.25. The second kappa shape index (κ2) is 8.79. The number of ether oxygens (including phenoxy) is 3. The molecule has 0 fully saturated rings. The average molecular weight is 380 g/mol. The fourth-order valence-corrected chi connectivity index (χ4v) is 3.03. The average Bonchev–Trinajstić information content (AvgIpc) is 2.55. The standard InChI is InChI=1S/C18H22BrNO3/c1-4-23-17-10-13(9-15(19)18(17)22-3)11-20-12-14-7-5-6-8-16(14)21-2/h5-10,20H,4,11-12H2,1-3H3. The van der Waals surface area contributed by atoms with E-state index in [0.717, 1.165) is 45.9 Å². The van der Waals surface area contributed by atoms with E-state index >= 15 is 0 Å². The molecule has 0 atom stereocenters. The summed E-state index contributed by atoms with van der Waals surface area (Å²) < 4.78 is 17.3. The number of rotatable bonds is 8. The molecular weight excluding hydrogens is 358 g/mol. The molecule has 0 heterocycles. The molecule has 0 bridgehead atoms. The zero-order valence-corrected chi connectivity index (χ0v) is 15.3. The van der Waals surface area contributed by atoms with Crippen LogP contribution in [-0.2, 0) is 13.1 Å². The molecule has 0 amide bonds. The van der Waals surface area contributed by atoms with Crippen LogP contribution in [0.4, 0.5) is 0 Å². The maximum atomic E-state index is 5.65. The third-order valence-electron chi connectivity index (χ3n) is 3.41. The Morgan fingerprint density at radius 2 is 1.78 bits per heavy atom. The first-order chi connectivity index (χ1) is 11.2. The highest BCUT2D eigenvalue weighted by atomic mass is 79.9. The van der Waals surface area contributed by atoms with Crippen LogP contribution in [0, 0.1) is 0 Å². The molecule has 0 radical (unpaired) electrons. The Labute approximate surface area is 145 Å². The minimum Gasteiger partial charge on any atom is -0.496 e. The zero-order valence-electron chi connectivity index (χ0n) is 13.7. The highest BCUT2D eigenvalue weighted by Gasteiger charge is 2.11. The first-order valence-electron chi connectivity index (χ1n) is 7.51. The molecule has 0 spiro atoms. The SMILES string of the molecule is CCOc1cc(CNCc2ccccc2OC)cc(Br)c1OC. The smallest absolute Gasteiger partial charge is 0.174 e. The van der Waals surface area contributed by atoms with Crippen molar-refractivity contribution in [2.75, 3.05) is 20.8 Å². The van der Waals surface area contributed by atoms with Crippen molar-refractivity contribution < 1.29 is 14.2 Å². The number of methoxy groups -OCH3 is 2. The van der Waals surface area contributed by atoms with Gasteiger partial charge in [-0.15, -0.1) is 0 Å². The molecule has 0 aliphatic carbocycles. The topological polar surface area (TPSA) is 39.7 Å². The molecule has 0 aromatic heterocycles. The maximum absolute atomic E-state index is 5.65. The summed E-state index contributed by atoms with van der Waals surface area (Å²) in [4.78, 5) is 0. The predicted octanol–water partition coefficient (Wildman–Crippen LogP) is 4.15. The van der Waals surface area contributed by atoms with Crippen LogP contribution in [0.25, 0.3) is 0 Å². The Balaban J connectivity index is 2.05. The summed E-state index contributed by atoms with van der Waals surface area (Å²) in [6.07, 6.45) is 0. The first kappa shape index (κ1) is 17.6. The Morgan fingerprint density at radius 3 is 2.48 bits per heavy atom. The van der Waals surface area contributed by atoms with Crippen molar-refractivity contribution in [3.8, 4) is 17.2 Å². The lowest BCUT2D eigenvalue weighted by molar-refractivity contribution is 0.309. The van der Waals surface area contributed by atoms with E-state index in [1.54, 1.807) is 14.2 Å². The largest absolute Gasteiger partial charge is 0.496 e. The predicted molar refractivity (Wildman–Crippen MR) is 95.4 cm³/mol. The van der Waals surface area contributed by atoms with E-state index in [9.17, 15) is 0 Å².